The lowest BCUT2D eigenvalue weighted by molar-refractivity contribution is -0.143. The second kappa shape index (κ2) is 6.52. The Morgan fingerprint density at radius 3 is 2.75 bits per heavy atom. The first-order chi connectivity index (χ1) is 9.58. The molecular weight excluding hydrogens is 256 g/mol. The summed E-state index contributed by atoms with van der Waals surface area (Å²) >= 11 is 0. The maximum Gasteiger partial charge on any atom is 0.306 e. The van der Waals surface area contributed by atoms with Crippen molar-refractivity contribution in [2.75, 3.05) is 0 Å². The van der Waals surface area contributed by atoms with Crippen molar-refractivity contribution in [2.45, 2.75) is 38.3 Å². The molecule has 0 spiro atoms. The Morgan fingerprint density at radius 2 is 2.05 bits per heavy atom. The molecule has 0 saturated heterocycles. The Kier molecular flexibility index (Phi) is 4.74. The summed E-state index contributed by atoms with van der Waals surface area (Å²) in [6.07, 6.45) is 3.30. The van der Waals surface area contributed by atoms with Gasteiger partial charge in [-0.15, -0.1) is 0 Å². The zero-order chi connectivity index (χ0) is 14.5. The summed E-state index contributed by atoms with van der Waals surface area (Å²) in [5.74, 6) is -1.41. The fraction of sp³-hybridized carbons (Fsp3) is 0.467. The van der Waals surface area contributed by atoms with E-state index in [0.717, 1.165) is 24.8 Å². The number of carbonyl (C=O) groups excluding carboxylic acids is 1. The van der Waals surface area contributed by atoms with Gasteiger partial charge in [0.1, 0.15) is 0 Å². The standard InChI is InChI=1S/C15H20N2O3/c16-14(18)13-7-2-1-4-11(13)9-17-12-6-3-5-10(8-12)15(19)20/h1-2,4,7,10,12,17H,3,5-6,8-9H2,(H2,16,18)(H,19,20). The van der Waals surface area contributed by atoms with Crippen LogP contribution in [0.2, 0.25) is 0 Å². The molecule has 1 saturated carbocycles. The Balaban J connectivity index is 1.95. The van der Waals surface area contributed by atoms with Crippen molar-refractivity contribution in [1.29, 1.82) is 0 Å². The predicted octanol–water partition coefficient (Wildman–Crippen LogP) is 1.52. The third kappa shape index (κ3) is 3.57. The number of carboxylic acids is 1. The molecule has 0 heterocycles. The summed E-state index contributed by atoms with van der Waals surface area (Å²) in [5.41, 5.74) is 6.72. The lowest BCUT2D eigenvalue weighted by Crippen LogP contribution is -2.36. The van der Waals surface area contributed by atoms with Crippen molar-refractivity contribution in [3.05, 3.63) is 35.4 Å². The summed E-state index contributed by atoms with van der Waals surface area (Å²) < 4.78 is 0. The fourth-order valence-electron chi connectivity index (χ4n) is 2.77. The van der Waals surface area contributed by atoms with E-state index in [9.17, 15) is 9.59 Å². The minimum Gasteiger partial charge on any atom is -0.481 e. The first-order valence-corrected chi connectivity index (χ1v) is 6.92. The van der Waals surface area contributed by atoms with Crippen molar-refractivity contribution in [1.82, 2.24) is 5.32 Å². The minimum absolute atomic E-state index is 0.186. The fourth-order valence-corrected chi connectivity index (χ4v) is 2.77. The van der Waals surface area contributed by atoms with E-state index < -0.39 is 11.9 Å². The van der Waals surface area contributed by atoms with Crippen LogP contribution >= 0.6 is 0 Å². The lowest BCUT2D eigenvalue weighted by atomic mass is 9.85. The number of benzene rings is 1. The van der Waals surface area contributed by atoms with Gasteiger partial charge in [0.2, 0.25) is 5.91 Å². The van der Waals surface area contributed by atoms with Crippen LogP contribution in [-0.2, 0) is 11.3 Å². The third-order valence-corrected chi connectivity index (χ3v) is 3.89. The minimum atomic E-state index is -0.714. The number of primary amides is 1. The van der Waals surface area contributed by atoms with Gasteiger partial charge < -0.3 is 16.2 Å². The van der Waals surface area contributed by atoms with Crippen molar-refractivity contribution < 1.29 is 14.7 Å². The molecule has 1 aliphatic rings. The molecule has 1 fully saturated rings. The molecule has 4 N–H and O–H groups in total. The molecule has 2 unspecified atom stereocenters. The second-order valence-electron chi connectivity index (χ2n) is 5.30. The highest BCUT2D eigenvalue weighted by molar-refractivity contribution is 5.94. The van der Waals surface area contributed by atoms with Gasteiger partial charge in [-0.2, -0.15) is 0 Å². The number of hydrogen-bond acceptors (Lipinski definition) is 3. The second-order valence-corrected chi connectivity index (χ2v) is 5.30. The summed E-state index contributed by atoms with van der Waals surface area (Å²) in [5, 5.41) is 12.4. The molecule has 5 nitrogen and oxygen atoms in total. The number of aliphatic carboxylic acids is 1. The number of carboxylic acid groups (broad SMARTS) is 1. The molecule has 0 aliphatic heterocycles. The van der Waals surface area contributed by atoms with E-state index in [1.54, 1.807) is 12.1 Å². The molecule has 0 radical (unpaired) electrons. The summed E-state index contributed by atoms with van der Waals surface area (Å²) in [7, 11) is 0. The Bertz CT molecular complexity index is 502. The molecule has 20 heavy (non-hydrogen) atoms. The average Bonchev–Trinajstić information content (AvgIpc) is 2.45. The number of rotatable bonds is 5. The highest BCUT2D eigenvalue weighted by Gasteiger charge is 2.26. The lowest BCUT2D eigenvalue weighted by Gasteiger charge is -2.27. The molecule has 2 rings (SSSR count). The van der Waals surface area contributed by atoms with Gasteiger partial charge in [-0.1, -0.05) is 24.6 Å². The molecule has 0 bridgehead atoms. The van der Waals surface area contributed by atoms with E-state index in [1.807, 2.05) is 12.1 Å². The first kappa shape index (κ1) is 14.5. The largest absolute Gasteiger partial charge is 0.481 e. The van der Waals surface area contributed by atoms with E-state index in [0.29, 0.717) is 18.5 Å². The zero-order valence-corrected chi connectivity index (χ0v) is 11.3. The van der Waals surface area contributed by atoms with Gasteiger partial charge in [0.05, 0.1) is 5.92 Å². The van der Waals surface area contributed by atoms with Crippen molar-refractivity contribution in [3.8, 4) is 0 Å². The smallest absolute Gasteiger partial charge is 0.306 e. The maximum atomic E-state index is 11.3. The zero-order valence-electron chi connectivity index (χ0n) is 11.3. The van der Waals surface area contributed by atoms with E-state index >= 15 is 0 Å². The Morgan fingerprint density at radius 1 is 1.30 bits per heavy atom. The van der Waals surface area contributed by atoms with Crippen LogP contribution in [0.3, 0.4) is 0 Å². The van der Waals surface area contributed by atoms with E-state index in [2.05, 4.69) is 5.32 Å². The number of amides is 1. The van der Waals surface area contributed by atoms with Crippen molar-refractivity contribution in [2.24, 2.45) is 11.7 Å². The Labute approximate surface area is 118 Å². The Hall–Kier alpha value is -1.88. The number of hydrogen-bond donors (Lipinski definition) is 3. The van der Waals surface area contributed by atoms with Crippen LogP contribution in [0.15, 0.2) is 24.3 Å². The molecule has 2 atom stereocenters. The highest BCUT2D eigenvalue weighted by Crippen LogP contribution is 2.24. The molecule has 1 amide bonds. The van der Waals surface area contributed by atoms with Gasteiger partial charge in [-0.05, 0) is 30.9 Å². The van der Waals surface area contributed by atoms with Crippen LogP contribution in [-0.4, -0.2) is 23.0 Å². The van der Waals surface area contributed by atoms with Gasteiger partial charge in [0.25, 0.3) is 0 Å². The number of nitrogens with two attached hydrogens (primary N) is 1. The first-order valence-electron chi connectivity index (χ1n) is 6.92. The molecule has 1 aromatic carbocycles. The molecular formula is C15H20N2O3. The van der Waals surface area contributed by atoms with Crippen LogP contribution < -0.4 is 11.1 Å². The van der Waals surface area contributed by atoms with Crippen LogP contribution in [0.4, 0.5) is 0 Å². The average molecular weight is 276 g/mol. The molecule has 5 heteroatoms. The molecule has 108 valence electrons. The predicted molar refractivity (Wildman–Crippen MR) is 75.2 cm³/mol. The van der Waals surface area contributed by atoms with E-state index in [-0.39, 0.29) is 12.0 Å². The van der Waals surface area contributed by atoms with Crippen molar-refractivity contribution >= 4 is 11.9 Å². The topological polar surface area (TPSA) is 92.4 Å². The van der Waals surface area contributed by atoms with Crippen LogP contribution in [0.5, 0.6) is 0 Å². The SMILES string of the molecule is NC(=O)c1ccccc1CNC1CCCC(C(=O)O)C1. The quantitative estimate of drug-likeness (QED) is 0.760. The summed E-state index contributed by atoms with van der Waals surface area (Å²) in [4.78, 5) is 22.4. The van der Waals surface area contributed by atoms with Gasteiger partial charge in [0.15, 0.2) is 0 Å². The number of carbonyl (C=O) groups is 2. The number of nitrogens with one attached hydrogen (secondary N) is 1. The van der Waals surface area contributed by atoms with Gasteiger partial charge in [0, 0.05) is 18.2 Å². The van der Waals surface area contributed by atoms with Crippen LogP contribution in [0, 0.1) is 5.92 Å². The highest BCUT2D eigenvalue weighted by atomic mass is 16.4. The monoisotopic (exact) mass is 276 g/mol. The molecule has 1 aliphatic carbocycles. The third-order valence-electron chi connectivity index (χ3n) is 3.89. The van der Waals surface area contributed by atoms with E-state index in [4.69, 9.17) is 10.8 Å². The van der Waals surface area contributed by atoms with E-state index in [1.165, 1.54) is 0 Å². The maximum absolute atomic E-state index is 11.3. The van der Waals surface area contributed by atoms with Gasteiger partial charge in [-0.25, -0.2) is 0 Å². The summed E-state index contributed by atoms with van der Waals surface area (Å²) in [6, 6.07) is 7.41. The molecule has 1 aromatic rings. The molecule has 0 aromatic heterocycles. The van der Waals surface area contributed by atoms with Gasteiger partial charge >= 0.3 is 5.97 Å². The van der Waals surface area contributed by atoms with Gasteiger partial charge in [-0.3, -0.25) is 9.59 Å². The van der Waals surface area contributed by atoms with Crippen LogP contribution in [0.25, 0.3) is 0 Å². The summed E-state index contributed by atoms with van der Waals surface area (Å²) in [6.45, 7) is 0.538. The van der Waals surface area contributed by atoms with Crippen LogP contribution in [0.1, 0.15) is 41.6 Å². The van der Waals surface area contributed by atoms with Crippen molar-refractivity contribution in [3.63, 3.8) is 0 Å². The normalized spacial score (nSPS) is 22.4.